The molecule has 9 heteroatoms. The van der Waals surface area contributed by atoms with Crippen LogP contribution in [-0.2, 0) is 0 Å². The number of rotatable bonds is 4. The van der Waals surface area contributed by atoms with E-state index in [1.165, 1.54) is 30.6 Å². The van der Waals surface area contributed by atoms with Crippen LogP contribution in [0.15, 0.2) is 48.9 Å². The lowest BCUT2D eigenvalue weighted by Gasteiger charge is -2.09. The molecule has 0 fully saturated rings. The number of benzene rings is 1. The van der Waals surface area contributed by atoms with Crippen LogP contribution < -0.4 is 5.32 Å². The predicted octanol–water partition coefficient (Wildman–Crippen LogP) is 4.25. The van der Waals surface area contributed by atoms with Crippen molar-refractivity contribution in [1.29, 1.82) is 0 Å². The van der Waals surface area contributed by atoms with E-state index in [1.807, 2.05) is 0 Å². The van der Waals surface area contributed by atoms with E-state index in [1.54, 1.807) is 0 Å². The number of carbonyl (C=O) groups is 1. The number of nitrogens with one attached hydrogen (secondary N) is 1. The average molecular weight is 367 g/mol. The molecule has 1 aromatic carbocycles. The van der Waals surface area contributed by atoms with Crippen LogP contribution in [0.4, 0.5) is 18.9 Å². The fourth-order valence-corrected chi connectivity index (χ4v) is 2.48. The molecule has 2 heterocycles. The van der Waals surface area contributed by atoms with Gasteiger partial charge in [0.1, 0.15) is 11.5 Å². The second kappa shape index (κ2) is 6.94. The fraction of sp³-hybridized carbons (Fsp3) is 0.0625. The van der Waals surface area contributed by atoms with Crippen molar-refractivity contribution >= 4 is 23.2 Å². The van der Waals surface area contributed by atoms with E-state index in [4.69, 9.17) is 11.6 Å². The standard InChI is InChI=1S/C16H10ClF3N4O/c17-9-5-10(18)7-11(6-9)23-16(25)13-8-22-24(14(13)15(19)20)12-1-3-21-4-2-12/h1-8,15H,(H,23,25). The summed E-state index contributed by atoms with van der Waals surface area (Å²) in [4.78, 5) is 16.1. The maximum absolute atomic E-state index is 13.5. The van der Waals surface area contributed by atoms with Crippen molar-refractivity contribution in [3.05, 3.63) is 71.0 Å². The molecule has 128 valence electrons. The lowest BCUT2D eigenvalue weighted by atomic mass is 10.2. The molecule has 3 aromatic rings. The molecule has 0 bridgehead atoms. The van der Waals surface area contributed by atoms with Gasteiger partial charge in [-0.05, 0) is 30.3 Å². The third-order valence-corrected chi connectivity index (χ3v) is 3.50. The maximum atomic E-state index is 13.5. The Morgan fingerprint density at radius 1 is 1.20 bits per heavy atom. The smallest absolute Gasteiger partial charge is 0.281 e. The van der Waals surface area contributed by atoms with Gasteiger partial charge >= 0.3 is 0 Å². The molecule has 0 aliphatic carbocycles. The average Bonchev–Trinajstić information content (AvgIpc) is 3.00. The molecule has 0 radical (unpaired) electrons. The number of aromatic nitrogens is 3. The highest BCUT2D eigenvalue weighted by atomic mass is 35.5. The van der Waals surface area contributed by atoms with Gasteiger partial charge in [0.05, 0.1) is 17.4 Å². The van der Waals surface area contributed by atoms with Gasteiger partial charge in [-0.15, -0.1) is 0 Å². The molecular weight excluding hydrogens is 357 g/mol. The summed E-state index contributed by atoms with van der Waals surface area (Å²) in [5, 5.41) is 6.26. The van der Waals surface area contributed by atoms with Gasteiger partial charge in [0.2, 0.25) is 0 Å². The molecule has 25 heavy (non-hydrogen) atoms. The SMILES string of the molecule is O=C(Nc1cc(F)cc(Cl)c1)c1cnn(-c2ccncc2)c1C(F)F. The number of pyridine rings is 1. The minimum Gasteiger partial charge on any atom is -0.322 e. The number of nitrogens with zero attached hydrogens (tertiary/aromatic N) is 3. The number of halogens is 4. The maximum Gasteiger partial charge on any atom is 0.281 e. The lowest BCUT2D eigenvalue weighted by molar-refractivity contribution is 0.100. The third kappa shape index (κ3) is 3.63. The van der Waals surface area contributed by atoms with Crippen LogP contribution in [0.25, 0.3) is 5.69 Å². The van der Waals surface area contributed by atoms with E-state index in [-0.39, 0.29) is 16.3 Å². The summed E-state index contributed by atoms with van der Waals surface area (Å²) in [6.07, 6.45) is 0.909. The summed E-state index contributed by atoms with van der Waals surface area (Å²) in [6.45, 7) is 0. The minimum atomic E-state index is -2.95. The Morgan fingerprint density at radius 2 is 1.92 bits per heavy atom. The predicted molar refractivity (Wildman–Crippen MR) is 85.7 cm³/mol. The molecule has 0 aliphatic rings. The van der Waals surface area contributed by atoms with Gasteiger partial charge in [0.15, 0.2) is 0 Å². The lowest BCUT2D eigenvalue weighted by Crippen LogP contribution is -2.15. The Hall–Kier alpha value is -2.87. The van der Waals surface area contributed by atoms with E-state index >= 15 is 0 Å². The van der Waals surface area contributed by atoms with Crippen molar-refractivity contribution in [3.8, 4) is 5.69 Å². The van der Waals surface area contributed by atoms with Gasteiger partial charge in [0.25, 0.3) is 12.3 Å². The second-order valence-corrected chi connectivity index (χ2v) is 5.41. The molecule has 1 N–H and O–H groups in total. The van der Waals surface area contributed by atoms with Crippen LogP contribution in [0.5, 0.6) is 0 Å². The summed E-state index contributed by atoms with van der Waals surface area (Å²) in [6, 6.07) is 6.35. The molecule has 1 amide bonds. The van der Waals surface area contributed by atoms with Crippen molar-refractivity contribution < 1.29 is 18.0 Å². The van der Waals surface area contributed by atoms with Crippen LogP contribution in [0.1, 0.15) is 22.5 Å². The van der Waals surface area contributed by atoms with Crippen molar-refractivity contribution in [2.24, 2.45) is 0 Å². The highest BCUT2D eigenvalue weighted by Crippen LogP contribution is 2.27. The van der Waals surface area contributed by atoms with Crippen LogP contribution in [-0.4, -0.2) is 20.7 Å². The zero-order valence-electron chi connectivity index (χ0n) is 12.5. The van der Waals surface area contributed by atoms with E-state index < -0.39 is 23.8 Å². The molecule has 5 nitrogen and oxygen atoms in total. The number of carbonyl (C=O) groups excluding carboxylic acids is 1. The Kier molecular flexibility index (Phi) is 4.71. The topological polar surface area (TPSA) is 59.8 Å². The normalized spacial score (nSPS) is 10.9. The van der Waals surface area contributed by atoms with Crippen LogP contribution in [0.2, 0.25) is 5.02 Å². The van der Waals surface area contributed by atoms with Crippen LogP contribution in [0, 0.1) is 5.82 Å². The molecule has 2 aromatic heterocycles. The monoisotopic (exact) mass is 366 g/mol. The molecule has 0 saturated heterocycles. The van der Waals surface area contributed by atoms with Gasteiger partial charge in [0, 0.05) is 23.1 Å². The summed E-state index contributed by atoms with van der Waals surface area (Å²) in [5.74, 6) is -1.51. The van der Waals surface area contributed by atoms with E-state index in [9.17, 15) is 18.0 Å². The van der Waals surface area contributed by atoms with Crippen molar-refractivity contribution in [1.82, 2.24) is 14.8 Å². The highest BCUT2D eigenvalue weighted by molar-refractivity contribution is 6.31. The van der Waals surface area contributed by atoms with Crippen LogP contribution in [0.3, 0.4) is 0 Å². The largest absolute Gasteiger partial charge is 0.322 e. The van der Waals surface area contributed by atoms with Gasteiger partial charge in [-0.1, -0.05) is 11.6 Å². The first-order valence-corrected chi connectivity index (χ1v) is 7.37. The van der Waals surface area contributed by atoms with Gasteiger partial charge < -0.3 is 5.32 Å². The third-order valence-electron chi connectivity index (χ3n) is 3.29. The van der Waals surface area contributed by atoms with Crippen molar-refractivity contribution in [2.45, 2.75) is 6.43 Å². The van der Waals surface area contributed by atoms with Gasteiger partial charge in [-0.2, -0.15) is 5.10 Å². The number of anilines is 1. The summed E-state index contributed by atoms with van der Waals surface area (Å²) in [7, 11) is 0. The first-order chi connectivity index (χ1) is 12.0. The first-order valence-electron chi connectivity index (χ1n) is 6.99. The molecule has 0 saturated carbocycles. The number of hydrogen-bond donors (Lipinski definition) is 1. The zero-order chi connectivity index (χ0) is 18.0. The highest BCUT2D eigenvalue weighted by Gasteiger charge is 2.25. The Balaban J connectivity index is 1.97. The molecular formula is C16H10ClF3N4O. The van der Waals surface area contributed by atoms with E-state index in [2.05, 4.69) is 15.4 Å². The molecule has 0 atom stereocenters. The summed E-state index contributed by atoms with van der Waals surface area (Å²) in [5.41, 5.74) is -0.525. The fourth-order valence-electron chi connectivity index (χ4n) is 2.26. The first kappa shape index (κ1) is 17.0. The van der Waals surface area contributed by atoms with Crippen LogP contribution >= 0.6 is 11.6 Å². The van der Waals surface area contributed by atoms with Gasteiger partial charge in [-0.3, -0.25) is 9.78 Å². The Bertz CT molecular complexity index is 895. The summed E-state index contributed by atoms with van der Waals surface area (Å²) < 4.78 is 41.3. The van der Waals surface area contributed by atoms with Crippen molar-refractivity contribution in [2.75, 3.05) is 5.32 Å². The quantitative estimate of drug-likeness (QED) is 0.751. The summed E-state index contributed by atoms with van der Waals surface area (Å²) >= 11 is 5.71. The Morgan fingerprint density at radius 3 is 2.56 bits per heavy atom. The van der Waals surface area contributed by atoms with Gasteiger partial charge in [-0.25, -0.2) is 17.9 Å². The molecule has 3 rings (SSSR count). The molecule has 0 aliphatic heterocycles. The molecule has 0 spiro atoms. The van der Waals surface area contributed by atoms with E-state index in [0.717, 1.165) is 23.0 Å². The minimum absolute atomic E-state index is 0.0480. The van der Waals surface area contributed by atoms with E-state index in [0.29, 0.717) is 5.69 Å². The second-order valence-electron chi connectivity index (χ2n) is 4.97. The number of hydrogen-bond acceptors (Lipinski definition) is 3. The Labute approximate surface area is 145 Å². The number of alkyl halides is 2. The zero-order valence-corrected chi connectivity index (χ0v) is 13.2. The molecule has 0 unspecified atom stereocenters. The number of amides is 1. The van der Waals surface area contributed by atoms with Crippen molar-refractivity contribution in [3.63, 3.8) is 0 Å².